The summed E-state index contributed by atoms with van der Waals surface area (Å²) in [6, 6.07) is 20.3. The lowest BCUT2D eigenvalue weighted by Gasteiger charge is -2.47. The summed E-state index contributed by atoms with van der Waals surface area (Å²) in [6.45, 7) is 0. The lowest BCUT2D eigenvalue weighted by molar-refractivity contribution is -0.0683. The van der Waals surface area contributed by atoms with Gasteiger partial charge in [0, 0.05) is 41.1 Å². The summed E-state index contributed by atoms with van der Waals surface area (Å²) in [6.07, 6.45) is 5.10. The van der Waals surface area contributed by atoms with Crippen LogP contribution >= 0.6 is 23.2 Å². The predicted octanol–water partition coefficient (Wildman–Crippen LogP) is 6.03. The maximum atomic E-state index is 11.7. The van der Waals surface area contributed by atoms with E-state index in [1.165, 1.54) is 0 Å². The van der Waals surface area contributed by atoms with E-state index in [4.69, 9.17) is 23.2 Å². The maximum absolute atomic E-state index is 11.7. The fourth-order valence-electron chi connectivity index (χ4n) is 5.61. The minimum Gasteiger partial charge on any atom is -0.388 e. The third kappa shape index (κ3) is 3.80. The van der Waals surface area contributed by atoms with Gasteiger partial charge in [0.15, 0.2) is 0 Å². The van der Waals surface area contributed by atoms with Crippen LogP contribution in [0.2, 0.25) is 10.0 Å². The van der Waals surface area contributed by atoms with Crippen molar-refractivity contribution in [2.75, 3.05) is 12.4 Å². The molecule has 2 fully saturated rings. The highest BCUT2D eigenvalue weighted by atomic mass is 35.5. The Morgan fingerprint density at radius 3 is 2.06 bits per heavy atom. The van der Waals surface area contributed by atoms with Gasteiger partial charge in [0.25, 0.3) is 0 Å². The molecule has 1 aromatic heterocycles. The van der Waals surface area contributed by atoms with E-state index in [-0.39, 0.29) is 18.1 Å². The first-order valence-electron chi connectivity index (χ1n) is 11.1. The SMILES string of the molecule is CNc1ccnc(C2(O)CC3CCC(C2)N3C(c2ccccc2Cl)c2ccccc2Cl)c1. The van der Waals surface area contributed by atoms with Gasteiger partial charge in [0.1, 0.15) is 5.60 Å². The van der Waals surface area contributed by atoms with Crippen LogP contribution in [-0.2, 0) is 5.60 Å². The van der Waals surface area contributed by atoms with E-state index in [1.54, 1.807) is 6.20 Å². The van der Waals surface area contributed by atoms with Gasteiger partial charge in [-0.1, -0.05) is 59.6 Å². The molecule has 0 saturated carbocycles. The van der Waals surface area contributed by atoms with Crippen LogP contribution in [0.1, 0.15) is 48.5 Å². The first kappa shape index (κ1) is 21.7. The average molecular weight is 468 g/mol. The minimum absolute atomic E-state index is 0.0592. The number of pyridine rings is 1. The number of hydrogen-bond acceptors (Lipinski definition) is 4. The van der Waals surface area contributed by atoms with Crippen LogP contribution in [0.5, 0.6) is 0 Å². The van der Waals surface area contributed by atoms with Crippen LogP contribution in [0, 0.1) is 0 Å². The Kier molecular flexibility index (Phi) is 5.89. The molecule has 0 aliphatic carbocycles. The van der Waals surface area contributed by atoms with Crippen molar-refractivity contribution < 1.29 is 5.11 Å². The number of fused-ring (bicyclic) bond motifs is 2. The van der Waals surface area contributed by atoms with E-state index in [1.807, 2.05) is 55.6 Å². The number of anilines is 1. The third-order valence-corrected chi connectivity index (χ3v) is 7.73. The normalized spacial score (nSPS) is 25.3. The molecule has 2 unspecified atom stereocenters. The van der Waals surface area contributed by atoms with Crippen LogP contribution in [-0.4, -0.2) is 34.1 Å². The van der Waals surface area contributed by atoms with Crippen LogP contribution < -0.4 is 5.32 Å². The van der Waals surface area contributed by atoms with Crippen molar-refractivity contribution in [1.82, 2.24) is 9.88 Å². The first-order chi connectivity index (χ1) is 15.5. The fraction of sp³-hybridized carbons (Fsp3) is 0.346. The highest BCUT2D eigenvalue weighted by Gasteiger charge is 2.51. The molecule has 0 spiro atoms. The number of aromatic nitrogens is 1. The second-order valence-electron chi connectivity index (χ2n) is 8.90. The molecule has 3 heterocycles. The molecule has 166 valence electrons. The number of nitrogens with one attached hydrogen (secondary N) is 1. The molecule has 2 aliphatic rings. The summed E-state index contributed by atoms with van der Waals surface area (Å²) in [5, 5.41) is 16.4. The van der Waals surface area contributed by atoms with E-state index >= 15 is 0 Å². The summed E-state index contributed by atoms with van der Waals surface area (Å²) < 4.78 is 0. The van der Waals surface area contributed by atoms with Crippen molar-refractivity contribution in [3.63, 3.8) is 0 Å². The van der Waals surface area contributed by atoms with Gasteiger partial charge in [-0.05, 0) is 61.1 Å². The van der Waals surface area contributed by atoms with Gasteiger partial charge in [-0.25, -0.2) is 0 Å². The summed E-state index contributed by atoms with van der Waals surface area (Å²) >= 11 is 13.4. The van der Waals surface area contributed by atoms with Gasteiger partial charge < -0.3 is 10.4 Å². The lowest BCUT2D eigenvalue weighted by Crippen LogP contribution is -2.51. The Morgan fingerprint density at radius 2 is 1.53 bits per heavy atom. The molecule has 6 heteroatoms. The van der Waals surface area contributed by atoms with E-state index in [2.05, 4.69) is 27.3 Å². The molecule has 32 heavy (non-hydrogen) atoms. The summed E-state index contributed by atoms with van der Waals surface area (Å²) in [5.41, 5.74) is 2.87. The molecule has 5 rings (SSSR count). The van der Waals surface area contributed by atoms with E-state index in [0.717, 1.165) is 45.4 Å². The van der Waals surface area contributed by atoms with Gasteiger partial charge in [-0.15, -0.1) is 0 Å². The monoisotopic (exact) mass is 467 g/mol. The maximum Gasteiger partial charge on any atom is 0.110 e. The molecule has 2 bridgehead atoms. The molecule has 2 saturated heterocycles. The molecule has 3 aromatic rings. The van der Waals surface area contributed by atoms with Gasteiger partial charge in [-0.2, -0.15) is 0 Å². The zero-order valence-corrected chi connectivity index (χ0v) is 19.5. The van der Waals surface area contributed by atoms with E-state index < -0.39 is 5.60 Å². The molecular formula is C26H27Cl2N3O. The zero-order valence-electron chi connectivity index (χ0n) is 18.0. The standard InChI is InChI=1S/C26H27Cl2N3O/c1-29-17-12-13-30-24(14-17)26(32)15-18-10-11-19(16-26)31(18)25(20-6-2-4-8-22(20)27)21-7-3-5-9-23(21)28/h2-9,12-14,18-19,25,32H,10-11,15-16H2,1H3,(H,29,30). The van der Waals surface area contributed by atoms with Gasteiger partial charge >= 0.3 is 0 Å². The quantitative estimate of drug-likeness (QED) is 0.480. The number of halogens is 2. The highest BCUT2D eigenvalue weighted by molar-refractivity contribution is 6.32. The molecular weight excluding hydrogens is 441 g/mol. The van der Waals surface area contributed by atoms with Crippen molar-refractivity contribution >= 4 is 28.9 Å². The number of nitrogens with zero attached hydrogens (tertiary/aromatic N) is 2. The van der Waals surface area contributed by atoms with Crippen LogP contribution in [0.4, 0.5) is 5.69 Å². The summed E-state index contributed by atoms with van der Waals surface area (Å²) in [7, 11) is 1.88. The fourth-order valence-corrected chi connectivity index (χ4v) is 6.09. The van der Waals surface area contributed by atoms with Crippen LogP contribution in [0.3, 0.4) is 0 Å². The van der Waals surface area contributed by atoms with Crippen LogP contribution in [0.25, 0.3) is 0 Å². The average Bonchev–Trinajstić information content (AvgIpc) is 3.07. The van der Waals surface area contributed by atoms with Crippen molar-refractivity contribution in [1.29, 1.82) is 0 Å². The molecule has 2 aliphatic heterocycles. The number of piperidine rings is 1. The Labute approximate surface area is 199 Å². The molecule has 2 aromatic carbocycles. The predicted molar refractivity (Wildman–Crippen MR) is 130 cm³/mol. The van der Waals surface area contributed by atoms with Gasteiger partial charge in [0.05, 0.1) is 11.7 Å². The number of benzene rings is 2. The summed E-state index contributed by atoms with van der Waals surface area (Å²) in [4.78, 5) is 7.08. The lowest BCUT2D eigenvalue weighted by atomic mass is 9.81. The first-order valence-corrected chi connectivity index (χ1v) is 11.9. The molecule has 2 atom stereocenters. The Morgan fingerprint density at radius 1 is 0.969 bits per heavy atom. The van der Waals surface area contributed by atoms with Crippen molar-refractivity contribution in [3.05, 3.63) is 93.7 Å². The Balaban J connectivity index is 1.55. The van der Waals surface area contributed by atoms with Crippen molar-refractivity contribution in [3.8, 4) is 0 Å². The molecule has 0 radical (unpaired) electrons. The van der Waals surface area contributed by atoms with E-state index in [0.29, 0.717) is 12.8 Å². The van der Waals surface area contributed by atoms with E-state index in [9.17, 15) is 5.11 Å². The summed E-state index contributed by atoms with van der Waals surface area (Å²) in [5.74, 6) is 0. The van der Waals surface area contributed by atoms with Crippen molar-refractivity contribution in [2.45, 2.75) is 49.4 Å². The number of rotatable bonds is 5. The second-order valence-corrected chi connectivity index (χ2v) is 9.71. The van der Waals surface area contributed by atoms with Gasteiger partial charge in [0.2, 0.25) is 0 Å². The molecule has 0 amide bonds. The smallest absolute Gasteiger partial charge is 0.110 e. The largest absolute Gasteiger partial charge is 0.388 e. The Hall–Kier alpha value is -2.11. The third-order valence-electron chi connectivity index (χ3n) is 7.05. The Bertz CT molecular complexity index is 1060. The minimum atomic E-state index is -0.944. The highest BCUT2D eigenvalue weighted by Crippen LogP contribution is 2.51. The number of hydrogen-bond donors (Lipinski definition) is 2. The molecule has 4 nitrogen and oxygen atoms in total. The van der Waals surface area contributed by atoms with Gasteiger partial charge in [-0.3, -0.25) is 9.88 Å². The van der Waals surface area contributed by atoms with Crippen LogP contribution in [0.15, 0.2) is 66.9 Å². The number of aliphatic hydroxyl groups is 1. The zero-order chi connectivity index (χ0) is 22.3. The van der Waals surface area contributed by atoms with Crippen molar-refractivity contribution in [2.24, 2.45) is 0 Å². The topological polar surface area (TPSA) is 48.4 Å². The second kappa shape index (κ2) is 8.68. The molecule has 2 N–H and O–H groups in total.